The normalized spacial score (nSPS) is 11.5. The standard InChI is InChI=1S/C10H13NO.ClH/c1-2-6-10(12-11)9-7-4-3-5-8-9;/h2-5,7-8,10H,1,6,11H2;1H. The molecule has 0 aliphatic carbocycles. The van der Waals surface area contributed by atoms with Crippen molar-refractivity contribution in [1.82, 2.24) is 0 Å². The van der Waals surface area contributed by atoms with Gasteiger partial charge in [0.05, 0.1) is 0 Å². The minimum absolute atomic E-state index is 0. The second-order valence-corrected chi connectivity index (χ2v) is 2.56. The van der Waals surface area contributed by atoms with Crippen molar-refractivity contribution in [2.24, 2.45) is 5.90 Å². The second kappa shape index (κ2) is 6.66. The predicted molar refractivity (Wildman–Crippen MR) is 56.5 cm³/mol. The quantitative estimate of drug-likeness (QED) is 0.598. The van der Waals surface area contributed by atoms with E-state index in [1.807, 2.05) is 30.3 Å². The third-order valence-electron chi connectivity index (χ3n) is 1.72. The Morgan fingerprint density at radius 1 is 1.38 bits per heavy atom. The lowest BCUT2D eigenvalue weighted by atomic mass is 10.1. The summed E-state index contributed by atoms with van der Waals surface area (Å²) in [7, 11) is 0. The average Bonchev–Trinajstić information content (AvgIpc) is 2.15. The lowest BCUT2D eigenvalue weighted by Crippen LogP contribution is -2.08. The summed E-state index contributed by atoms with van der Waals surface area (Å²) < 4.78 is 0. The molecule has 3 heteroatoms. The summed E-state index contributed by atoms with van der Waals surface area (Å²) in [5, 5.41) is 0. The Morgan fingerprint density at radius 3 is 2.46 bits per heavy atom. The minimum Gasteiger partial charge on any atom is -0.296 e. The van der Waals surface area contributed by atoms with E-state index in [-0.39, 0.29) is 18.5 Å². The summed E-state index contributed by atoms with van der Waals surface area (Å²) in [6, 6.07) is 9.86. The van der Waals surface area contributed by atoms with E-state index in [0.29, 0.717) is 0 Å². The van der Waals surface area contributed by atoms with E-state index in [1.54, 1.807) is 6.08 Å². The topological polar surface area (TPSA) is 35.2 Å². The van der Waals surface area contributed by atoms with Crippen LogP contribution in [0.2, 0.25) is 0 Å². The molecule has 0 aliphatic heterocycles. The maximum Gasteiger partial charge on any atom is 0.107 e. The van der Waals surface area contributed by atoms with Crippen molar-refractivity contribution in [3.63, 3.8) is 0 Å². The van der Waals surface area contributed by atoms with E-state index in [4.69, 9.17) is 10.7 Å². The fourth-order valence-electron chi connectivity index (χ4n) is 1.09. The van der Waals surface area contributed by atoms with E-state index >= 15 is 0 Å². The van der Waals surface area contributed by atoms with Crippen LogP contribution in [0.15, 0.2) is 43.0 Å². The summed E-state index contributed by atoms with van der Waals surface area (Å²) >= 11 is 0. The smallest absolute Gasteiger partial charge is 0.107 e. The molecule has 2 nitrogen and oxygen atoms in total. The molecule has 0 aromatic heterocycles. The zero-order chi connectivity index (χ0) is 8.81. The second-order valence-electron chi connectivity index (χ2n) is 2.56. The number of rotatable bonds is 4. The highest BCUT2D eigenvalue weighted by Crippen LogP contribution is 2.18. The van der Waals surface area contributed by atoms with Gasteiger partial charge in [-0.2, -0.15) is 0 Å². The maximum atomic E-state index is 5.14. The molecule has 0 saturated carbocycles. The van der Waals surface area contributed by atoms with Crippen LogP contribution in [0, 0.1) is 0 Å². The summed E-state index contributed by atoms with van der Waals surface area (Å²) in [5.74, 6) is 5.14. The van der Waals surface area contributed by atoms with Crippen LogP contribution in [0.5, 0.6) is 0 Å². The molecular weight excluding hydrogens is 186 g/mol. The minimum atomic E-state index is -0.0660. The van der Waals surface area contributed by atoms with Gasteiger partial charge in [0.15, 0.2) is 0 Å². The van der Waals surface area contributed by atoms with Gasteiger partial charge in [0.2, 0.25) is 0 Å². The predicted octanol–water partition coefficient (Wildman–Crippen LogP) is 2.62. The van der Waals surface area contributed by atoms with Crippen LogP contribution in [0.3, 0.4) is 0 Å². The molecule has 1 unspecified atom stereocenters. The molecule has 0 aliphatic rings. The summed E-state index contributed by atoms with van der Waals surface area (Å²) in [6.45, 7) is 3.64. The first kappa shape index (κ1) is 12.2. The molecule has 1 atom stereocenters. The Hall–Kier alpha value is -0.830. The van der Waals surface area contributed by atoms with Crippen molar-refractivity contribution >= 4 is 12.4 Å². The van der Waals surface area contributed by atoms with Crippen molar-refractivity contribution in [1.29, 1.82) is 0 Å². The Balaban J connectivity index is 0.00000144. The Labute approximate surface area is 84.8 Å². The zero-order valence-corrected chi connectivity index (χ0v) is 8.17. The molecule has 1 aromatic rings. The molecular formula is C10H14ClNO. The third-order valence-corrected chi connectivity index (χ3v) is 1.72. The van der Waals surface area contributed by atoms with Gasteiger partial charge in [-0.25, -0.2) is 5.90 Å². The van der Waals surface area contributed by atoms with Crippen LogP contribution < -0.4 is 5.90 Å². The van der Waals surface area contributed by atoms with Gasteiger partial charge in [0.1, 0.15) is 6.10 Å². The first-order chi connectivity index (χ1) is 5.88. The maximum absolute atomic E-state index is 5.14. The number of benzene rings is 1. The van der Waals surface area contributed by atoms with E-state index in [2.05, 4.69) is 6.58 Å². The summed E-state index contributed by atoms with van der Waals surface area (Å²) in [6.07, 6.45) is 2.47. The van der Waals surface area contributed by atoms with E-state index in [9.17, 15) is 0 Å². The molecule has 1 aromatic carbocycles. The molecule has 0 heterocycles. The highest BCUT2D eigenvalue weighted by Gasteiger charge is 2.07. The van der Waals surface area contributed by atoms with Gasteiger partial charge >= 0.3 is 0 Å². The molecule has 0 amide bonds. The molecule has 1 rings (SSSR count). The monoisotopic (exact) mass is 199 g/mol. The number of hydrogen-bond donors (Lipinski definition) is 1. The molecule has 13 heavy (non-hydrogen) atoms. The molecule has 0 fully saturated rings. The van der Waals surface area contributed by atoms with Crippen LogP contribution >= 0.6 is 12.4 Å². The fraction of sp³-hybridized carbons (Fsp3) is 0.200. The first-order valence-corrected chi connectivity index (χ1v) is 3.90. The zero-order valence-electron chi connectivity index (χ0n) is 7.35. The van der Waals surface area contributed by atoms with Gasteiger partial charge in [0.25, 0.3) is 0 Å². The van der Waals surface area contributed by atoms with Crippen LogP contribution in [-0.4, -0.2) is 0 Å². The van der Waals surface area contributed by atoms with Gasteiger partial charge < -0.3 is 0 Å². The Kier molecular flexibility index (Phi) is 6.24. The van der Waals surface area contributed by atoms with Gasteiger partial charge in [-0.05, 0) is 12.0 Å². The largest absolute Gasteiger partial charge is 0.296 e. The van der Waals surface area contributed by atoms with Gasteiger partial charge in [-0.1, -0.05) is 36.4 Å². The van der Waals surface area contributed by atoms with E-state index in [0.717, 1.165) is 12.0 Å². The van der Waals surface area contributed by atoms with Gasteiger partial charge in [0, 0.05) is 0 Å². The summed E-state index contributed by atoms with van der Waals surface area (Å²) in [5.41, 5.74) is 1.08. The van der Waals surface area contributed by atoms with Crippen molar-refractivity contribution in [3.8, 4) is 0 Å². The van der Waals surface area contributed by atoms with Gasteiger partial charge in [-0.15, -0.1) is 19.0 Å². The number of nitrogens with two attached hydrogens (primary N) is 1. The first-order valence-electron chi connectivity index (χ1n) is 3.90. The number of hydrogen-bond acceptors (Lipinski definition) is 2. The molecule has 0 bridgehead atoms. The SMILES string of the molecule is C=CCC(ON)c1ccccc1.Cl. The molecule has 0 spiro atoms. The van der Waals surface area contributed by atoms with Crippen molar-refractivity contribution in [2.75, 3.05) is 0 Å². The Bertz CT molecular complexity index is 238. The lowest BCUT2D eigenvalue weighted by Gasteiger charge is -2.11. The Morgan fingerprint density at radius 2 is 2.00 bits per heavy atom. The third kappa shape index (κ3) is 3.59. The molecule has 0 radical (unpaired) electrons. The van der Waals surface area contributed by atoms with E-state index in [1.165, 1.54) is 0 Å². The van der Waals surface area contributed by atoms with Crippen LogP contribution in [-0.2, 0) is 4.84 Å². The van der Waals surface area contributed by atoms with Crippen molar-refractivity contribution < 1.29 is 4.84 Å². The lowest BCUT2D eigenvalue weighted by molar-refractivity contribution is 0.0549. The molecule has 72 valence electrons. The number of halogens is 1. The van der Waals surface area contributed by atoms with Gasteiger partial charge in [-0.3, -0.25) is 4.84 Å². The average molecular weight is 200 g/mol. The fourth-order valence-corrected chi connectivity index (χ4v) is 1.09. The highest BCUT2D eigenvalue weighted by molar-refractivity contribution is 5.85. The molecule has 0 saturated heterocycles. The summed E-state index contributed by atoms with van der Waals surface area (Å²) in [4.78, 5) is 4.81. The van der Waals surface area contributed by atoms with E-state index < -0.39 is 0 Å². The van der Waals surface area contributed by atoms with Crippen LogP contribution in [0.25, 0.3) is 0 Å². The van der Waals surface area contributed by atoms with Crippen molar-refractivity contribution in [3.05, 3.63) is 48.6 Å². The molecule has 2 N–H and O–H groups in total. The van der Waals surface area contributed by atoms with Crippen LogP contribution in [0.4, 0.5) is 0 Å². The highest BCUT2D eigenvalue weighted by atomic mass is 35.5. The van der Waals surface area contributed by atoms with Crippen LogP contribution in [0.1, 0.15) is 18.1 Å². The van der Waals surface area contributed by atoms with Crippen molar-refractivity contribution in [2.45, 2.75) is 12.5 Å².